The monoisotopic (exact) mass is 330 g/mol. The molecule has 7 heteroatoms. The molecule has 126 valence electrons. The minimum Gasteiger partial charge on any atom is -0.472 e. The Morgan fingerprint density at radius 2 is 2.12 bits per heavy atom. The van der Waals surface area contributed by atoms with Gasteiger partial charge in [0.2, 0.25) is 11.8 Å². The van der Waals surface area contributed by atoms with Crippen LogP contribution in [0.5, 0.6) is 5.88 Å². The van der Waals surface area contributed by atoms with Gasteiger partial charge in [-0.05, 0) is 18.9 Å². The molecule has 2 saturated heterocycles. The molecule has 4 heterocycles. The van der Waals surface area contributed by atoms with Crippen molar-refractivity contribution >= 4 is 5.95 Å². The van der Waals surface area contributed by atoms with Gasteiger partial charge in [0.25, 0.3) is 0 Å². The Morgan fingerprint density at radius 1 is 1.25 bits per heavy atom. The number of anilines is 1. The lowest BCUT2D eigenvalue weighted by Crippen LogP contribution is -2.48. The molecule has 6 nitrogen and oxygen atoms in total. The summed E-state index contributed by atoms with van der Waals surface area (Å²) in [5.74, 6) is 0.747. The third kappa shape index (κ3) is 3.17. The van der Waals surface area contributed by atoms with Crippen LogP contribution in [0.1, 0.15) is 19.3 Å². The van der Waals surface area contributed by atoms with Gasteiger partial charge in [-0.2, -0.15) is 0 Å². The Morgan fingerprint density at radius 3 is 2.92 bits per heavy atom. The molecule has 24 heavy (non-hydrogen) atoms. The van der Waals surface area contributed by atoms with Crippen molar-refractivity contribution in [2.24, 2.45) is 0 Å². The van der Waals surface area contributed by atoms with Gasteiger partial charge in [-0.25, -0.2) is 19.3 Å². The molecule has 0 radical (unpaired) electrons. The second kappa shape index (κ2) is 6.32. The van der Waals surface area contributed by atoms with Gasteiger partial charge in [0.15, 0.2) is 5.82 Å². The quantitative estimate of drug-likeness (QED) is 0.860. The van der Waals surface area contributed by atoms with Gasteiger partial charge in [-0.3, -0.25) is 0 Å². The number of piperidine rings is 1. The van der Waals surface area contributed by atoms with Crippen molar-refractivity contribution in [2.75, 3.05) is 24.6 Å². The van der Waals surface area contributed by atoms with E-state index in [2.05, 4.69) is 19.9 Å². The summed E-state index contributed by atoms with van der Waals surface area (Å²) in [5.41, 5.74) is -0.255. The number of hydrogen-bond donors (Lipinski definition) is 0. The van der Waals surface area contributed by atoms with Gasteiger partial charge in [-0.15, -0.1) is 0 Å². The van der Waals surface area contributed by atoms with Crippen LogP contribution in [0.2, 0.25) is 0 Å². The highest BCUT2D eigenvalue weighted by atomic mass is 19.1. The molecule has 0 saturated carbocycles. The lowest BCUT2D eigenvalue weighted by Gasteiger charge is -2.39. The first-order chi connectivity index (χ1) is 11.7. The number of nitrogens with zero attached hydrogens (tertiary/aromatic N) is 4. The summed E-state index contributed by atoms with van der Waals surface area (Å²) in [6, 6.07) is 5.62. The van der Waals surface area contributed by atoms with Crippen molar-refractivity contribution in [3.63, 3.8) is 0 Å². The Bertz CT molecular complexity index is 685. The Hall–Kier alpha value is -2.28. The summed E-state index contributed by atoms with van der Waals surface area (Å²) in [6.07, 6.45) is 6.88. The predicted molar refractivity (Wildman–Crippen MR) is 85.4 cm³/mol. The smallest absolute Gasteiger partial charge is 0.225 e. The van der Waals surface area contributed by atoms with Crippen molar-refractivity contribution in [3.05, 3.63) is 42.6 Å². The van der Waals surface area contributed by atoms with Gasteiger partial charge >= 0.3 is 0 Å². The molecule has 2 atom stereocenters. The van der Waals surface area contributed by atoms with Crippen molar-refractivity contribution in [1.82, 2.24) is 15.0 Å². The van der Waals surface area contributed by atoms with Crippen LogP contribution < -0.4 is 9.64 Å². The normalized spacial score (nSPS) is 26.7. The number of pyridine rings is 1. The molecule has 2 fully saturated rings. The van der Waals surface area contributed by atoms with Gasteiger partial charge in [-0.1, -0.05) is 6.07 Å². The first kappa shape index (κ1) is 15.3. The molecule has 2 aliphatic heterocycles. The molecule has 1 spiro atoms. The Kier molecular flexibility index (Phi) is 4.02. The van der Waals surface area contributed by atoms with E-state index in [1.165, 1.54) is 12.4 Å². The van der Waals surface area contributed by atoms with Gasteiger partial charge in [0, 0.05) is 31.8 Å². The van der Waals surface area contributed by atoms with Crippen molar-refractivity contribution < 1.29 is 13.9 Å². The van der Waals surface area contributed by atoms with E-state index < -0.39 is 5.82 Å². The summed E-state index contributed by atoms with van der Waals surface area (Å²) < 4.78 is 25.1. The van der Waals surface area contributed by atoms with E-state index in [0.29, 0.717) is 25.0 Å². The maximum Gasteiger partial charge on any atom is 0.225 e. The number of rotatable bonds is 3. The van der Waals surface area contributed by atoms with E-state index in [9.17, 15) is 4.39 Å². The van der Waals surface area contributed by atoms with Gasteiger partial charge in [0.1, 0.15) is 6.10 Å². The summed E-state index contributed by atoms with van der Waals surface area (Å²) in [4.78, 5) is 14.4. The van der Waals surface area contributed by atoms with Crippen molar-refractivity contribution in [1.29, 1.82) is 0 Å². The summed E-state index contributed by atoms with van der Waals surface area (Å²) in [7, 11) is 0. The van der Waals surface area contributed by atoms with E-state index in [-0.39, 0.29) is 11.7 Å². The van der Waals surface area contributed by atoms with Crippen LogP contribution in [-0.2, 0) is 4.74 Å². The van der Waals surface area contributed by atoms with Gasteiger partial charge < -0.3 is 14.4 Å². The van der Waals surface area contributed by atoms with Crippen LogP contribution in [0.25, 0.3) is 0 Å². The topological polar surface area (TPSA) is 60.4 Å². The molecule has 0 N–H and O–H groups in total. The highest BCUT2D eigenvalue weighted by molar-refractivity contribution is 5.31. The summed E-state index contributed by atoms with van der Waals surface area (Å²) >= 11 is 0. The molecule has 4 rings (SSSR count). The van der Waals surface area contributed by atoms with Crippen molar-refractivity contribution in [3.8, 4) is 5.88 Å². The van der Waals surface area contributed by atoms with Gasteiger partial charge in [0.05, 0.1) is 24.6 Å². The predicted octanol–water partition coefficient (Wildman–Crippen LogP) is 2.22. The second-order valence-electron chi connectivity index (χ2n) is 6.33. The van der Waals surface area contributed by atoms with E-state index in [0.717, 1.165) is 25.8 Å². The van der Waals surface area contributed by atoms with E-state index in [1.54, 1.807) is 6.20 Å². The molecular formula is C17H19FN4O2. The SMILES string of the molecule is Fc1cnc(N2CCC[C@]3(C[C@H](Oc4ccccn4)CO3)C2)nc1. The maximum atomic E-state index is 13.0. The minimum atomic E-state index is -0.425. The van der Waals surface area contributed by atoms with E-state index in [4.69, 9.17) is 9.47 Å². The molecule has 2 aliphatic rings. The molecule has 0 aliphatic carbocycles. The zero-order valence-corrected chi connectivity index (χ0v) is 13.3. The summed E-state index contributed by atoms with van der Waals surface area (Å²) in [5, 5.41) is 0. The van der Waals surface area contributed by atoms with E-state index in [1.807, 2.05) is 18.2 Å². The number of ether oxygens (including phenoxy) is 2. The number of halogens is 1. The Labute approximate surface area is 139 Å². The van der Waals surface area contributed by atoms with Crippen LogP contribution in [0.3, 0.4) is 0 Å². The average Bonchev–Trinajstić information content (AvgIpc) is 2.98. The molecule has 0 amide bonds. The highest BCUT2D eigenvalue weighted by Gasteiger charge is 2.45. The lowest BCUT2D eigenvalue weighted by atomic mass is 9.89. The fourth-order valence-electron chi connectivity index (χ4n) is 3.49. The highest BCUT2D eigenvalue weighted by Crippen LogP contribution is 2.36. The summed E-state index contributed by atoms with van der Waals surface area (Å²) in [6.45, 7) is 2.10. The molecule has 2 aromatic rings. The van der Waals surface area contributed by atoms with Crippen molar-refractivity contribution in [2.45, 2.75) is 31.0 Å². The third-order valence-corrected chi connectivity index (χ3v) is 4.53. The maximum absolute atomic E-state index is 13.0. The number of hydrogen-bond acceptors (Lipinski definition) is 6. The fraction of sp³-hybridized carbons (Fsp3) is 0.471. The van der Waals surface area contributed by atoms with E-state index >= 15 is 0 Å². The minimum absolute atomic E-state index is 0.00557. The zero-order valence-electron chi connectivity index (χ0n) is 13.3. The van der Waals surface area contributed by atoms with Crippen LogP contribution >= 0.6 is 0 Å². The average molecular weight is 330 g/mol. The van der Waals surface area contributed by atoms with Crippen LogP contribution in [0, 0.1) is 5.82 Å². The third-order valence-electron chi connectivity index (χ3n) is 4.53. The first-order valence-electron chi connectivity index (χ1n) is 8.17. The lowest BCUT2D eigenvalue weighted by molar-refractivity contribution is -0.00851. The largest absolute Gasteiger partial charge is 0.472 e. The Balaban J connectivity index is 1.43. The second-order valence-corrected chi connectivity index (χ2v) is 6.33. The molecule has 0 bridgehead atoms. The fourth-order valence-corrected chi connectivity index (χ4v) is 3.49. The van der Waals surface area contributed by atoms with Crippen LogP contribution in [0.15, 0.2) is 36.8 Å². The van der Waals surface area contributed by atoms with Crippen LogP contribution in [0.4, 0.5) is 10.3 Å². The molecular weight excluding hydrogens is 311 g/mol. The molecule has 0 aromatic carbocycles. The first-order valence-corrected chi connectivity index (χ1v) is 8.17. The molecule has 0 unspecified atom stereocenters. The van der Waals surface area contributed by atoms with Crippen LogP contribution in [-0.4, -0.2) is 46.4 Å². The number of aromatic nitrogens is 3. The zero-order chi connectivity index (χ0) is 16.4. The molecule has 2 aromatic heterocycles. The standard InChI is InChI=1S/C17H19FN4O2/c18-13-9-20-16(21-10-13)22-7-3-5-17(12-22)8-14(11-23-17)24-15-4-1-2-6-19-15/h1-2,4,6,9-10,14H,3,5,7-8,11-12H2/t14-,17-/m0/s1.